The van der Waals surface area contributed by atoms with E-state index in [1.165, 1.54) is 5.56 Å². The average Bonchev–Trinajstić information content (AvgIpc) is 3.02. The summed E-state index contributed by atoms with van der Waals surface area (Å²) in [6.07, 6.45) is 8.48. The number of rotatable bonds is 7. The molecule has 1 saturated carbocycles. The van der Waals surface area contributed by atoms with E-state index in [1.807, 2.05) is 41.3 Å². The van der Waals surface area contributed by atoms with Gasteiger partial charge in [-0.3, -0.25) is 10.1 Å². The fourth-order valence-electron chi connectivity index (χ4n) is 6.89. The van der Waals surface area contributed by atoms with Gasteiger partial charge in [-0.05, 0) is 67.2 Å². The number of nitro benzene ring substituents is 1. The van der Waals surface area contributed by atoms with Gasteiger partial charge in [-0.25, -0.2) is 4.79 Å². The molecule has 192 valence electrons. The van der Waals surface area contributed by atoms with Gasteiger partial charge in [-0.15, -0.1) is 0 Å². The molecule has 1 amide bonds. The quantitative estimate of drug-likeness (QED) is 0.248. The molecule has 1 saturated heterocycles. The molecule has 7 heteroatoms. The first-order valence-corrected chi connectivity index (χ1v) is 13.5. The van der Waals surface area contributed by atoms with Crippen LogP contribution >= 0.6 is 0 Å². The van der Waals surface area contributed by atoms with Crippen molar-refractivity contribution in [2.45, 2.75) is 82.8 Å². The van der Waals surface area contributed by atoms with Gasteiger partial charge >= 0.3 is 11.8 Å². The lowest BCUT2D eigenvalue weighted by molar-refractivity contribution is -0.386. The molecule has 0 spiro atoms. The molecule has 5 rings (SSSR count). The number of hydrogen-bond acceptors (Lipinski definition) is 5. The van der Waals surface area contributed by atoms with Crippen LogP contribution in [0.5, 0.6) is 5.75 Å². The number of carbonyl (C=O) groups excluding carboxylic acids is 1. The lowest BCUT2D eigenvalue weighted by atomic mass is 9.54. The normalized spacial score (nSPS) is 24.8. The second kappa shape index (κ2) is 10.5. The third-order valence-corrected chi connectivity index (χ3v) is 8.53. The highest BCUT2D eigenvalue weighted by Gasteiger charge is 2.53. The molecule has 2 aliphatic carbocycles. The van der Waals surface area contributed by atoms with Crippen LogP contribution in [0.1, 0.15) is 75.0 Å². The third kappa shape index (κ3) is 4.56. The van der Waals surface area contributed by atoms with Crippen LogP contribution in [0.4, 0.5) is 10.5 Å². The molecule has 1 aliphatic heterocycles. The zero-order valence-corrected chi connectivity index (χ0v) is 21.1. The molecule has 2 fully saturated rings. The molecule has 0 N–H and O–H groups in total. The van der Waals surface area contributed by atoms with Crippen molar-refractivity contribution in [1.29, 1.82) is 0 Å². The van der Waals surface area contributed by atoms with Gasteiger partial charge < -0.3 is 14.4 Å². The fraction of sp³-hybridized carbons (Fsp3) is 0.552. The maximum Gasteiger partial charge on any atom is 0.410 e. The monoisotopic (exact) mass is 492 g/mol. The second-order valence-electron chi connectivity index (χ2n) is 10.6. The summed E-state index contributed by atoms with van der Waals surface area (Å²) in [4.78, 5) is 26.9. The van der Waals surface area contributed by atoms with Gasteiger partial charge in [0.1, 0.15) is 6.61 Å². The largest absolute Gasteiger partial charge is 0.487 e. The Balaban J connectivity index is 1.48. The number of fused-ring (bicyclic) bond motifs is 1. The molecule has 2 aromatic rings. The minimum Gasteiger partial charge on any atom is -0.487 e. The fourth-order valence-corrected chi connectivity index (χ4v) is 6.89. The number of carbonyl (C=O) groups is 1. The number of nitro groups is 1. The van der Waals surface area contributed by atoms with E-state index in [0.29, 0.717) is 31.2 Å². The minimum atomic E-state index is -0.332. The number of likely N-dealkylation sites (tertiary alicyclic amines) is 1. The van der Waals surface area contributed by atoms with E-state index < -0.39 is 0 Å². The molecule has 0 radical (unpaired) electrons. The Morgan fingerprint density at radius 2 is 1.97 bits per heavy atom. The van der Waals surface area contributed by atoms with Crippen LogP contribution < -0.4 is 4.74 Å². The topological polar surface area (TPSA) is 81.9 Å². The number of nitrogens with zero attached hydrogens (tertiary/aromatic N) is 2. The number of ether oxygens (including phenoxy) is 2. The first kappa shape index (κ1) is 24.6. The van der Waals surface area contributed by atoms with E-state index in [2.05, 4.69) is 6.92 Å². The molecule has 3 aliphatic rings. The summed E-state index contributed by atoms with van der Waals surface area (Å²) in [7, 11) is 0. The molecule has 2 aromatic carbocycles. The van der Waals surface area contributed by atoms with Crippen molar-refractivity contribution in [2.24, 2.45) is 5.92 Å². The highest BCUT2D eigenvalue weighted by molar-refractivity contribution is 5.69. The van der Waals surface area contributed by atoms with E-state index >= 15 is 0 Å². The Morgan fingerprint density at radius 1 is 1.17 bits per heavy atom. The summed E-state index contributed by atoms with van der Waals surface area (Å²) in [5, 5.41) is 12.0. The van der Waals surface area contributed by atoms with Gasteiger partial charge in [0.2, 0.25) is 0 Å². The summed E-state index contributed by atoms with van der Waals surface area (Å²) in [5.41, 5.74) is 3.15. The van der Waals surface area contributed by atoms with Crippen LogP contribution in [-0.4, -0.2) is 35.1 Å². The summed E-state index contributed by atoms with van der Waals surface area (Å²) >= 11 is 0. The summed E-state index contributed by atoms with van der Waals surface area (Å²) in [5.74, 6) is 0.725. The highest BCUT2D eigenvalue weighted by atomic mass is 16.6. The predicted octanol–water partition coefficient (Wildman–Crippen LogP) is 6.56. The number of benzene rings is 2. The van der Waals surface area contributed by atoms with Crippen molar-refractivity contribution in [2.75, 3.05) is 13.2 Å². The maximum absolute atomic E-state index is 13.4. The summed E-state index contributed by atoms with van der Waals surface area (Å²) in [6.45, 7) is 3.47. The Bertz CT molecular complexity index is 1100. The van der Waals surface area contributed by atoms with Gasteiger partial charge in [0.05, 0.1) is 11.5 Å². The van der Waals surface area contributed by atoms with Crippen molar-refractivity contribution < 1.29 is 19.2 Å². The molecular formula is C29H36N2O5. The molecule has 1 unspecified atom stereocenters. The first-order chi connectivity index (χ1) is 17.5. The van der Waals surface area contributed by atoms with Gasteiger partial charge in [-0.1, -0.05) is 56.5 Å². The van der Waals surface area contributed by atoms with Crippen molar-refractivity contribution in [3.63, 3.8) is 0 Å². The van der Waals surface area contributed by atoms with Crippen LogP contribution in [0.3, 0.4) is 0 Å². The smallest absolute Gasteiger partial charge is 0.410 e. The number of amides is 1. The van der Waals surface area contributed by atoms with Crippen molar-refractivity contribution in [1.82, 2.24) is 4.90 Å². The molecule has 36 heavy (non-hydrogen) atoms. The van der Waals surface area contributed by atoms with Gasteiger partial charge in [-0.2, -0.15) is 0 Å². The molecular weight excluding hydrogens is 456 g/mol. The van der Waals surface area contributed by atoms with E-state index in [0.717, 1.165) is 62.5 Å². The van der Waals surface area contributed by atoms with Gasteiger partial charge in [0, 0.05) is 24.1 Å². The lowest BCUT2D eigenvalue weighted by Gasteiger charge is -2.52. The number of unbranched alkanes of at least 4 members (excludes halogenated alkanes) is 1. The SMILES string of the molecule is CCCCOc1cc2c(cc1[N+](=O)[O-])C[C@H]1C3CCCC[C@@]23CCCN1C(=O)OCc1ccccc1. The molecule has 2 bridgehead atoms. The Kier molecular flexibility index (Phi) is 7.17. The van der Waals surface area contributed by atoms with Gasteiger partial charge in [0.15, 0.2) is 5.75 Å². The summed E-state index contributed by atoms with van der Waals surface area (Å²) < 4.78 is 11.7. The Labute approximate surface area is 212 Å². The lowest BCUT2D eigenvalue weighted by Crippen LogP contribution is -2.54. The van der Waals surface area contributed by atoms with Crippen molar-refractivity contribution in [3.05, 3.63) is 69.3 Å². The van der Waals surface area contributed by atoms with Crippen LogP contribution in [0.15, 0.2) is 42.5 Å². The highest BCUT2D eigenvalue weighted by Crippen LogP contribution is 2.56. The standard InChI is InChI=1S/C29H36N2O5/c1-2-3-16-35-27-19-24-22(18-26(27)31(33)34)17-25-23-12-7-8-13-29(23,24)14-9-15-30(25)28(32)36-20-21-10-5-4-6-11-21/h4-6,10-11,18-19,23,25H,2-3,7-9,12-17,20H2,1H3/t23?,25-,29-/m0/s1. The van der Waals surface area contributed by atoms with Crippen LogP contribution in [0.25, 0.3) is 0 Å². The average molecular weight is 493 g/mol. The third-order valence-electron chi connectivity index (χ3n) is 8.53. The van der Waals surface area contributed by atoms with E-state index in [-0.39, 0.29) is 34.8 Å². The Hall–Kier alpha value is -3.09. The minimum absolute atomic E-state index is 0.00460. The van der Waals surface area contributed by atoms with E-state index in [9.17, 15) is 14.9 Å². The Morgan fingerprint density at radius 3 is 2.75 bits per heavy atom. The first-order valence-electron chi connectivity index (χ1n) is 13.5. The number of hydrogen-bond donors (Lipinski definition) is 0. The van der Waals surface area contributed by atoms with E-state index in [4.69, 9.17) is 9.47 Å². The molecule has 7 nitrogen and oxygen atoms in total. The van der Waals surface area contributed by atoms with E-state index in [1.54, 1.807) is 6.07 Å². The molecule has 0 aromatic heterocycles. The van der Waals surface area contributed by atoms with Crippen molar-refractivity contribution >= 4 is 11.8 Å². The van der Waals surface area contributed by atoms with Crippen molar-refractivity contribution in [3.8, 4) is 5.75 Å². The molecule has 3 atom stereocenters. The maximum atomic E-state index is 13.4. The second-order valence-corrected chi connectivity index (χ2v) is 10.6. The molecule has 1 heterocycles. The van der Waals surface area contributed by atoms with Crippen LogP contribution in [0, 0.1) is 16.0 Å². The predicted molar refractivity (Wildman–Crippen MR) is 137 cm³/mol. The van der Waals surface area contributed by atoms with Crippen LogP contribution in [0.2, 0.25) is 0 Å². The zero-order valence-electron chi connectivity index (χ0n) is 21.1. The van der Waals surface area contributed by atoms with Gasteiger partial charge in [0.25, 0.3) is 0 Å². The zero-order chi connectivity index (χ0) is 25.1. The van der Waals surface area contributed by atoms with Crippen LogP contribution in [-0.2, 0) is 23.2 Å². The summed E-state index contributed by atoms with van der Waals surface area (Å²) in [6, 6.07) is 13.5.